The third kappa shape index (κ3) is 3.88. The minimum atomic E-state index is -0.211. The van der Waals surface area contributed by atoms with Crippen LogP contribution in [-0.4, -0.2) is 10.9 Å². The van der Waals surface area contributed by atoms with Crippen LogP contribution in [0.2, 0.25) is 5.02 Å². The normalized spacial score (nSPS) is 10.8. The molecule has 5 heteroatoms. The van der Waals surface area contributed by atoms with Crippen molar-refractivity contribution in [2.24, 2.45) is 0 Å². The Labute approximate surface area is 172 Å². The van der Waals surface area contributed by atoms with Crippen LogP contribution in [0.4, 0.5) is 5.69 Å². The highest BCUT2D eigenvalue weighted by Crippen LogP contribution is 2.37. The Balaban J connectivity index is 1.73. The summed E-state index contributed by atoms with van der Waals surface area (Å²) < 4.78 is 0. The molecule has 3 nitrogen and oxygen atoms in total. The highest BCUT2D eigenvalue weighted by atomic mass is 35.5. The molecule has 1 amide bonds. The molecule has 138 valence electrons. The monoisotopic (exact) mass is 404 g/mol. The Hall–Kier alpha value is -2.82. The zero-order valence-electron chi connectivity index (χ0n) is 15.1. The predicted octanol–water partition coefficient (Wildman–Crippen LogP) is 6.60. The molecule has 28 heavy (non-hydrogen) atoms. The lowest BCUT2D eigenvalue weighted by Crippen LogP contribution is -2.15. The molecule has 0 atom stereocenters. The Morgan fingerprint density at radius 1 is 0.964 bits per heavy atom. The number of nitrogens with one attached hydrogen (secondary N) is 1. The Morgan fingerprint density at radius 3 is 2.46 bits per heavy atom. The average molecular weight is 405 g/mol. The van der Waals surface area contributed by atoms with Crippen molar-refractivity contribution in [3.05, 3.63) is 95.3 Å². The quantitative estimate of drug-likeness (QED) is 0.416. The Bertz CT molecular complexity index is 1150. The van der Waals surface area contributed by atoms with E-state index in [0.29, 0.717) is 10.7 Å². The number of pyridine rings is 1. The summed E-state index contributed by atoms with van der Waals surface area (Å²) in [6.07, 6.45) is 1.63. The van der Waals surface area contributed by atoms with E-state index >= 15 is 0 Å². The zero-order chi connectivity index (χ0) is 19.5. The summed E-state index contributed by atoms with van der Waals surface area (Å²) in [4.78, 5) is 19.2. The minimum absolute atomic E-state index is 0.211. The zero-order valence-corrected chi connectivity index (χ0v) is 16.7. The summed E-state index contributed by atoms with van der Waals surface area (Å²) in [5.41, 5.74) is 2.04. The van der Waals surface area contributed by atoms with E-state index in [0.717, 1.165) is 31.8 Å². The van der Waals surface area contributed by atoms with Crippen molar-refractivity contribution in [2.45, 2.75) is 16.7 Å². The van der Waals surface area contributed by atoms with Crippen LogP contribution in [0.5, 0.6) is 0 Å². The molecular weight excluding hydrogens is 388 g/mol. The Kier molecular flexibility index (Phi) is 5.33. The number of hydrogen-bond acceptors (Lipinski definition) is 3. The molecule has 0 aliphatic carbocycles. The molecule has 4 rings (SSSR count). The molecule has 1 aromatic heterocycles. The van der Waals surface area contributed by atoms with E-state index in [1.807, 2.05) is 73.7 Å². The number of hydrogen-bond donors (Lipinski definition) is 1. The van der Waals surface area contributed by atoms with Crippen LogP contribution in [-0.2, 0) is 0 Å². The fourth-order valence-electron chi connectivity index (χ4n) is 3.03. The molecule has 0 aliphatic rings. The predicted molar refractivity (Wildman–Crippen MR) is 116 cm³/mol. The maximum absolute atomic E-state index is 12.8. The molecule has 0 saturated carbocycles. The van der Waals surface area contributed by atoms with Crippen molar-refractivity contribution in [1.82, 2.24) is 4.98 Å². The van der Waals surface area contributed by atoms with Gasteiger partial charge in [0.1, 0.15) is 5.69 Å². The van der Waals surface area contributed by atoms with Crippen LogP contribution in [0.1, 0.15) is 16.1 Å². The molecule has 1 N–H and O–H groups in total. The van der Waals surface area contributed by atoms with Crippen molar-refractivity contribution in [2.75, 3.05) is 5.32 Å². The fourth-order valence-corrected chi connectivity index (χ4v) is 4.16. The van der Waals surface area contributed by atoms with Gasteiger partial charge in [0, 0.05) is 26.4 Å². The summed E-state index contributed by atoms with van der Waals surface area (Å²) in [5.74, 6) is -0.211. The molecule has 0 saturated heterocycles. The van der Waals surface area contributed by atoms with Gasteiger partial charge in [-0.05, 0) is 60.3 Å². The number of carbonyl (C=O) groups excluding carboxylic acids is 1. The lowest BCUT2D eigenvalue weighted by Gasteiger charge is -2.13. The van der Waals surface area contributed by atoms with Crippen molar-refractivity contribution in [3.63, 3.8) is 0 Å². The smallest absolute Gasteiger partial charge is 0.274 e. The number of rotatable bonds is 4. The fraction of sp³-hybridized carbons (Fsp3) is 0.0435. The van der Waals surface area contributed by atoms with Gasteiger partial charge in [0.2, 0.25) is 0 Å². The van der Waals surface area contributed by atoms with Crippen molar-refractivity contribution >= 4 is 45.7 Å². The van der Waals surface area contributed by atoms with Crippen LogP contribution in [0, 0.1) is 6.92 Å². The second-order valence-electron chi connectivity index (χ2n) is 6.34. The first-order valence-electron chi connectivity index (χ1n) is 8.80. The number of amides is 1. The second-order valence-corrected chi connectivity index (χ2v) is 7.89. The van der Waals surface area contributed by atoms with Gasteiger partial charge in [0.15, 0.2) is 0 Å². The Morgan fingerprint density at radius 2 is 1.71 bits per heavy atom. The lowest BCUT2D eigenvalue weighted by molar-refractivity contribution is 0.102. The standard InChI is InChI=1S/C23H17ClN2OS/c1-15-5-4-14-25-22(15)23(27)26-19-8-2-6-16-7-3-9-20(21(16)19)28-18-12-10-17(24)11-13-18/h2-14H,1H3,(H,26,27). The third-order valence-corrected chi connectivity index (χ3v) is 5.70. The molecule has 3 aromatic carbocycles. The van der Waals surface area contributed by atoms with E-state index in [9.17, 15) is 4.79 Å². The van der Waals surface area contributed by atoms with Crippen molar-refractivity contribution < 1.29 is 4.79 Å². The van der Waals surface area contributed by atoms with Gasteiger partial charge in [-0.2, -0.15) is 0 Å². The molecule has 4 aromatic rings. The number of aromatic nitrogens is 1. The summed E-state index contributed by atoms with van der Waals surface area (Å²) in [5, 5.41) is 5.82. The van der Waals surface area contributed by atoms with Gasteiger partial charge in [-0.15, -0.1) is 0 Å². The molecule has 0 aliphatic heterocycles. The number of nitrogens with zero attached hydrogens (tertiary/aromatic N) is 1. The number of carbonyl (C=O) groups is 1. The lowest BCUT2D eigenvalue weighted by atomic mass is 10.1. The maximum atomic E-state index is 12.8. The highest BCUT2D eigenvalue weighted by molar-refractivity contribution is 7.99. The van der Waals surface area contributed by atoms with Crippen molar-refractivity contribution in [3.8, 4) is 0 Å². The third-order valence-electron chi connectivity index (χ3n) is 4.38. The molecule has 0 spiro atoms. The highest BCUT2D eigenvalue weighted by Gasteiger charge is 2.14. The van der Waals surface area contributed by atoms with Gasteiger partial charge in [0.05, 0.1) is 5.69 Å². The molecular formula is C23H17ClN2OS. The molecule has 0 unspecified atom stereocenters. The van der Waals surface area contributed by atoms with Crippen LogP contribution in [0.25, 0.3) is 10.8 Å². The van der Waals surface area contributed by atoms with Gasteiger partial charge in [-0.3, -0.25) is 9.78 Å². The van der Waals surface area contributed by atoms with E-state index in [-0.39, 0.29) is 5.91 Å². The van der Waals surface area contributed by atoms with Gasteiger partial charge in [0.25, 0.3) is 5.91 Å². The summed E-state index contributed by atoms with van der Waals surface area (Å²) in [6, 6.07) is 23.5. The molecule has 0 radical (unpaired) electrons. The first-order chi connectivity index (χ1) is 13.6. The largest absolute Gasteiger partial charge is 0.320 e. The SMILES string of the molecule is Cc1cccnc1C(=O)Nc1cccc2cccc(Sc3ccc(Cl)cc3)c12. The number of anilines is 1. The molecule has 0 bridgehead atoms. The maximum Gasteiger partial charge on any atom is 0.274 e. The van der Waals surface area contributed by atoms with E-state index in [1.54, 1.807) is 18.0 Å². The minimum Gasteiger partial charge on any atom is -0.320 e. The van der Waals surface area contributed by atoms with Crippen molar-refractivity contribution in [1.29, 1.82) is 0 Å². The van der Waals surface area contributed by atoms with E-state index in [4.69, 9.17) is 11.6 Å². The average Bonchev–Trinajstić information content (AvgIpc) is 2.70. The van der Waals surface area contributed by atoms with E-state index in [1.165, 1.54) is 0 Å². The number of aryl methyl sites for hydroxylation is 1. The van der Waals surface area contributed by atoms with Crippen LogP contribution >= 0.6 is 23.4 Å². The summed E-state index contributed by atoms with van der Waals surface area (Å²) in [6.45, 7) is 1.88. The second kappa shape index (κ2) is 8.05. The number of fused-ring (bicyclic) bond motifs is 1. The number of benzene rings is 3. The van der Waals surface area contributed by atoms with Crippen LogP contribution < -0.4 is 5.32 Å². The van der Waals surface area contributed by atoms with Crippen LogP contribution in [0.3, 0.4) is 0 Å². The molecule has 0 fully saturated rings. The van der Waals surface area contributed by atoms with Gasteiger partial charge >= 0.3 is 0 Å². The van der Waals surface area contributed by atoms with E-state index in [2.05, 4.69) is 16.4 Å². The first kappa shape index (κ1) is 18.5. The van der Waals surface area contributed by atoms with Crippen LogP contribution in [0.15, 0.2) is 88.8 Å². The topological polar surface area (TPSA) is 42.0 Å². The van der Waals surface area contributed by atoms with E-state index < -0.39 is 0 Å². The first-order valence-corrected chi connectivity index (χ1v) is 9.99. The van der Waals surface area contributed by atoms with Gasteiger partial charge in [-0.25, -0.2) is 0 Å². The van der Waals surface area contributed by atoms with Gasteiger partial charge in [-0.1, -0.05) is 53.7 Å². The molecule has 1 heterocycles. The summed E-state index contributed by atoms with van der Waals surface area (Å²) in [7, 11) is 0. The van der Waals surface area contributed by atoms with Gasteiger partial charge < -0.3 is 5.32 Å². The summed E-state index contributed by atoms with van der Waals surface area (Å²) >= 11 is 7.64. The number of halogens is 1.